The van der Waals surface area contributed by atoms with Crippen LogP contribution in [0.1, 0.15) is 36.8 Å². The maximum Gasteiger partial charge on any atom is 0.328 e. The van der Waals surface area contributed by atoms with Crippen LogP contribution in [0, 0.1) is 0 Å². The fourth-order valence-electron chi connectivity index (χ4n) is 6.28. The molecule has 16 nitrogen and oxygen atoms in total. The van der Waals surface area contributed by atoms with E-state index in [1.54, 1.807) is 12.4 Å². The standard InChI is InChI=1S/C38H48N8O8S2/c1-53-35(49)29(17-23-19-41-27-13-7-5-11-25(23)27)43-33(47)31-21-55-56-22-32(46-38(52)40-16-10-4-3-9-15-39-37(51)45-31)34(48)44-30(36(50)54-2)18-24-20-42-28-14-8-6-12-26(24)28/h5-8,11-14,19-20,29-32,41-42H,3-4,9-10,15-18,21-22H2,1-2H3,(H,43,47)(H,44,48)(H2,39,45,51)(H2,40,46,52)/t29-,30-,31-,32?/m0/s1. The molecule has 0 spiro atoms. The lowest BCUT2D eigenvalue weighted by Crippen LogP contribution is -2.55. The summed E-state index contributed by atoms with van der Waals surface area (Å²) in [6.45, 7) is 0.760. The van der Waals surface area contributed by atoms with Crippen molar-refractivity contribution in [1.29, 1.82) is 0 Å². The number of fused-ring (bicyclic) bond motifs is 2. The van der Waals surface area contributed by atoms with Gasteiger partial charge in [0.25, 0.3) is 0 Å². The van der Waals surface area contributed by atoms with E-state index in [1.807, 2.05) is 48.5 Å². The number of carbonyl (C=O) groups excluding carboxylic acids is 6. The van der Waals surface area contributed by atoms with Crippen molar-refractivity contribution in [3.8, 4) is 0 Å². The van der Waals surface area contributed by atoms with Crippen LogP contribution in [0.5, 0.6) is 0 Å². The fraction of sp³-hybridized carbons (Fsp3) is 0.421. The third kappa shape index (κ3) is 11.8. The number of urea groups is 2. The van der Waals surface area contributed by atoms with Gasteiger partial charge in [0.1, 0.15) is 24.2 Å². The van der Waals surface area contributed by atoms with Crippen molar-refractivity contribution in [3.05, 3.63) is 72.1 Å². The van der Waals surface area contributed by atoms with Gasteiger partial charge >= 0.3 is 24.0 Å². The van der Waals surface area contributed by atoms with Gasteiger partial charge < -0.3 is 51.3 Å². The molecule has 1 aliphatic rings. The largest absolute Gasteiger partial charge is 0.467 e. The third-order valence-corrected chi connectivity index (χ3v) is 11.7. The summed E-state index contributed by atoms with van der Waals surface area (Å²) < 4.78 is 10.0. The topological polar surface area (TPSA) is 225 Å². The molecule has 0 aliphatic carbocycles. The number of amides is 6. The van der Waals surface area contributed by atoms with Crippen LogP contribution in [0.25, 0.3) is 21.8 Å². The van der Waals surface area contributed by atoms with Crippen molar-refractivity contribution in [2.45, 2.75) is 62.7 Å². The number of rotatable bonds is 10. The average molecular weight is 809 g/mol. The van der Waals surface area contributed by atoms with Crippen molar-refractivity contribution in [3.63, 3.8) is 0 Å². The van der Waals surface area contributed by atoms with Gasteiger partial charge in [0.15, 0.2) is 0 Å². The second-order valence-corrected chi connectivity index (χ2v) is 15.7. The minimum atomic E-state index is -1.09. The summed E-state index contributed by atoms with van der Waals surface area (Å²) in [4.78, 5) is 85.6. The van der Waals surface area contributed by atoms with E-state index in [9.17, 15) is 28.8 Å². The van der Waals surface area contributed by atoms with E-state index in [4.69, 9.17) is 9.47 Å². The Morgan fingerprint density at radius 2 is 1.07 bits per heavy atom. The molecule has 18 heteroatoms. The van der Waals surface area contributed by atoms with Crippen LogP contribution in [0.4, 0.5) is 9.59 Å². The van der Waals surface area contributed by atoms with Crippen LogP contribution in [0.15, 0.2) is 60.9 Å². The van der Waals surface area contributed by atoms with Crippen LogP contribution in [0.2, 0.25) is 0 Å². The number of carbonyl (C=O) groups is 6. The molecule has 56 heavy (non-hydrogen) atoms. The number of hydrogen-bond acceptors (Lipinski definition) is 10. The normalized spacial score (nSPS) is 18.8. The highest BCUT2D eigenvalue weighted by molar-refractivity contribution is 8.76. The summed E-state index contributed by atoms with van der Waals surface area (Å²) >= 11 is 0. The van der Waals surface area contributed by atoms with Crippen LogP contribution < -0.4 is 31.9 Å². The van der Waals surface area contributed by atoms with Crippen molar-refractivity contribution in [1.82, 2.24) is 41.9 Å². The first-order valence-corrected chi connectivity index (χ1v) is 20.8. The Morgan fingerprint density at radius 1 is 0.661 bits per heavy atom. The molecule has 4 aromatic rings. The molecule has 0 radical (unpaired) electrons. The van der Waals surface area contributed by atoms with Gasteiger partial charge in [-0.05, 0) is 36.1 Å². The zero-order valence-electron chi connectivity index (χ0n) is 31.2. The predicted molar refractivity (Wildman–Crippen MR) is 216 cm³/mol. The Labute approximate surface area is 331 Å². The monoisotopic (exact) mass is 808 g/mol. The van der Waals surface area contributed by atoms with Crippen molar-refractivity contribution < 1.29 is 38.2 Å². The molecule has 2 aromatic heterocycles. The smallest absolute Gasteiger partial charge is 0.328 e. The zero-order valence-corrected chi connectivity index (χ0v) is 32.9. The number of H-pyrrole nitrogens is 2. The number of para-hydroxylation sites is 2. The first-order chi connectivity index (χ1) is 27.2. The molecule has 1 unspecified atom stereocenters. The number of aromatic amines is 2. The van der Waals surface area contributed by atoms with Crippen molar-refractivity contribution in [2.75, 3.05) is 38.8 Å². The molecule has 1 fully saturated rings. The molecule has 8 N–H and O–H groups in total. The summed E-state index contributed by atoms with van der Waals surface area (Å²) in [6, 6.07) is 9.79. The van der Waals surface area contributed by atoms with Crippen molar-refractivity contribution >= 4 is 79.2 Å². The van der Waals surface area contributed by atoms with E-state index in [0.717, 1.165) is 45.8 Å². The Morgan fingerprint density at radius 3 is 1.48 bits per heavy atom. The van der Waals surface area contributed by atoms with Gasteiger partial charge in [-0.1, -0.05) is 70.8 Å². The number of hydrogen-bond donors (Lipinski definition) is 8. The zero-order chi connectivity index (χ0) is 39.9. The highest BCUT2D eigenvalue weighted by atomic mass is 33.1. The predicted octanol–water partition coefficient (Wildman–Crippen LogP) is 3.04. The minimum Gasteiger partial charge on any atom is -0.467 e. The molecule has 6 amide bonds. The Hall–Kier alpha value is -5.36. The molecular weight excluding hydrogens is 761 g/mol. The van der Waals surface area contributed by atoms with E-state index < -0.39 is 60.0 Å². The van der Waals surface area contributed by atoms with Crippen LogP contribution in [-0.2, 0) is 41.5 Å². The van der Waals surface area contributed by atoms with E-state index >= 15 is 0 Å². The maximum absolute atomic E-state index is 13.8. The lowest BCUT2D eigenvalue weighted by atomic mass is 10.0. The summed E-state index contributed by atoms with van der Waals surface area (Å²) in [5.74, 6) is -2.44. The minimum absolute atomic E-state index is 0.0385. The average Bonchev–Trinajstić information content (AvgIpc) is 3.81. The molecule has 2 aromatic carbocycles. The summed E-state index contributed by atoms with van der Waals surface area (Å²) in [5.41, 5.74) is 3.35. The fourth-order valence-corrected chi connectivity index (χ4v) is 8.61. The quantitative estimate of drug-likeness (QED) is 0.0864. The number of aromatic nitrogens is 2. The molecule has 1 saturated heterocycles. The van der Waals surface area contributed by atoms with Gasteiger partial charge in [0.2, 0.25) is 11.8 Å². The van der Waals surface area contributed by atoms with Crippen LogP contribution in [-0.4, -0.2) is 109 Å². The van der Waals surface area contributed by atoms with E-state index in [0.29, 0.717) is 25.9 Å². The molecule has 5 rings (SSSR count). The van der Waals surface area contributed by atoms with Gasteiger partial charge in [-0.3, -0.25) is 9.59 Å². The maximum atomic E-state index is 13.8. The highest BCUT2D eigenvalue weighted by Gasteiger charge is 2.31. The summed E-state index contributed by atoms with van der Waals surface area (Å²) in [6.07, 6.45) is 6.75. The SMILES string of the molecule is COC(=O)[C@H](Cc1c[nH]c2ccccc12)NC(=O)C1CSSC[C@@H](C(=O)N[C@@H](Cc2c[nH]c3ccccc23)C(=O)OC)NC(=O)NCCCCCCNC(=O)N1. The second kappa shape index (κ2) is 21.1. The molecular formula is C38H48N8O8S2. The second-order valence-electron chi connectivity index (χ2n) is 13.2. The van der Waals surface area contributed by atoms with E-state index in [2.05, 4.69) is 41.9 Å². The summed E-state index contributed by atoms with van der Waals surface area (Å²) in [5, 5.41) is 18.3. The van der Waals surface area contributed by atoms with Gasteiger partial charge in [0, 0.05) is 71.6 Å². The van der Waals surface area contributed by atoms with Crippen molar-refractivity contribution in [2.24, 2.45) is 0 Å². The van der Waals surface area contributed by atoms with E-state index in [1.165, 1.54) is 35.8 Å². The number of methoxy groups -OCH3 is 2. The number of benzene rings is 2. The molecule has 1 aliphatic heterocycles. The number of esters is 2. The Balaban J connectivity index is 1.28. The van der Waals surface area contributed by atoms with Gasteiger partial charge in [-0.2, -0.15) is 0 Å². The van der Waals surface area contributed by atoms with Gasteiger partial charge in [-0.15, -0.1) is 0 Å². The molecule has 300 valence electrons. The number of ether oxygens (including phenoxy) is 2. The third-order valence-electron chi connectivity index (χ3n) is 9.27. The van der Waals surface area contributed by atoms with Crippen LogP contribution >= 0.6 is 21.6 Å². The summed E-state index contributed by atoms with van der Waals surface area (Å²) in [7, 11) is 4.85. The van der Waals surface area contributed by atoms with Crippen LogP contribution in [0.3, 0.4) is 0 Å². The van der Waals surface area contributed by atoms with E-state index in [-0.39, 0.29) is 24.3 Å². The number of nitrogens with one attached hydrogen (secondary N) is 8. The molecule has 3 heterocycles. The Kier molecular flexibility index (Phi) is 15.7. The Bertz CT molecular complexity index is 1850. The molecule has 0 saturated carbocycles. The van der Waals surface area contributed by atoms with Gasteiger partial charge in [-0.25, -0.2) is 19.2 Å². The van der Waals surface area contributed by atoms with Gasteiger partial charge in [0.05, 0.1) is 14.2 Å². The molecule has 4 atom stereocenters. The lowest BCUT2D eigenvalue weighted by molar-refractivity contribution is -0.145. The first kappa shape index (κ1) is 41.8. The lowest BCUT2D eigenvalue weighted by Gasteiger charge is -2.23. The first-order valence-electron chi connectivity index (χ1n) is 18.4. The molecule has 0 bridgehead atoms. The highest BCUT2D eigenvalue weighted by Crippen LogP contribution is 2.25.